The first-order valence-electron chi connectivity index (χ1n) is 3.77. The van der Waals surface area contributed by atoms with Crippen molar-refractivity contribution in [1.29, 1.82) is 0 Å². The molecule has 1 aromatic heterocycles. The Morgan fingerprint density at radius 3 is 2.62 bits per heavy atom. The molecule has 0 aliphatic rings. The molecule has 0 fully saturated rings. The smallest absolute Gasteiger partial charge is 0.0952 e. The van der Waals surface area contributed by atoms with Gasteiger partial charge in [0.1, 0.15) is 0 Å². The molecule has 66 valence electrons. The maximum Gasteiger partial charge on any atom is 0.0952 e. The highest BCUT2D eigenvalue weighted by atomic mass is 79.9. The van der Waals surface area contributed by atoms with Crippen molar-refractivity contribution in [3.63, 3.8) is 0 Å². The average molecular weight is 238 g/mol. The van der Waals surface area contributed by atoms with Crippen molar-refractivity contribution < 1.29 is 0 Å². The molecule has 0 bridgehead atoms. The number of aromatic nitrogens is 1. The van der Waals surface area contributed by atoms with Crippen molar-refractivity contribution >= 4 is 38.2 Å². The SMILES string of the molecule is Nc1ccc(N)c2ncc(Br)cc12. The molecule has 4 N–H and O–H groups in total. The molecule has 0 aliphatic carbocycles. The van der Waals surface area contributed by atoms with E-state index in [1.165, 1.54) is 0 Å². The zero-order valence-electron chi connectivity index (χ0n) is 6.79. The largest absolute Gasteiger partial charge is 0.398 e. The summed E-state index contributed by atoms with van der Waals surface area (Å²) >= 11 is 3.33. The van der Waals surface area contributed by atoms with Gasteiger partial charge in [0.25, 0.3) is 0 Å². The van der Waals surface area contributed by atoms with E-state index in [-0.39, 0.29) is 0 Å². The molecule has 0 aliphatic heterocycles. The summed E-state index contributed by atoms with van der Waals surface area (Å²) in [4.78, 5) is 4.19. The number of rotatable bonds is 0. The Morgan fingerprint density at radius 1 is 1.15 bits per heavy atom. The number of hydrogen-bond donors (Lipinski definition) is 2. The van der Waals surface area contributed by atoms with Crippen molar-refractivity contribution in [2.75, 3.05) is 11.5 Å². The van der Waals surface area contributed by atoms with Crippen LogP contribution in [0.1, 0.15) is 0 Å². The van der Waals surface area contributed by atoms with Crippen molar-refractivity contribution in [3.05, 3.63) is 28.9 Å². The molecule has 3 nitrogen and oxygen atoms in total. The van der Waals surface area contributed by atoms with Gasteiger partial charge < -0.3 is 11.5 Å². The van der Waals surface area contributed by atoms with E-state index in [1.807, 2.05) is 6.07 Å². The Morgan fingerprint density at radius 2 is 1.85 bits per heavy atom. The predicted molar refractivity (Wildman–Crippen MR) is 58.3 cm³/mol. The number of benzene rings is 1. The molecule has 0 unspecified atom stereocenters. The standard InChI is InChI=1S/C9H8BrN3/c10-5-3-6-7(11)1-2-8(12)9(6)13-4-5/h1-4H,11-12H2. The Hall–Kier alpha value is -1.29. The van der Waals surface area contributed by atoms with Gasteiger partial charge in [0.05, 0.1) is 11.2 Å². The molecule has 0 saturated heterocycles. The van der Waals surface area contributed by atoms with Gasteiger partial charge in [-0.1, -0.05) is 0 Å². The molecule has 13 heavy (non-hydrogen) atoms. The number of hydrogen-bond acceptors (Lipinski definition) is 3. The van der Waals surface area contributed by atoms with Crippen LogP contribution in [0.3, 0.4) is 0 Å². The minimum atomic E-state index is 0.650. The van der Waals surface area contributed by atoms with E-state index in [0.29, 0.717) is 11.4 Å². The summed E-state index contributed by atoms with van der Waals surface area (Å²) in [5.74, 6) is 0. The van der Waals surface area contributed by atoms with Crippen LogP contribution < -0.4 is 11.5 Å². The fourth-order valence-corrected chi connectivity index (χ4v) is 1.57. The van der Waals surface area contributed by atoms with Gasteiger partial charge in [0.2, 0.25) is 0 Å². The Labute approximate surface area is 83.9 Å². The molecule has 0 spiro atoms. The van der Waals surface area contributed by atoms with Gasteiger partial charge in [-0.3, -0.25) is 4.98 Å². The van der Waals surface area contributed by atoms with E-state index >= 15 is 0 Å². The number of pyridine rings is 1. The third-order valence-corrected chi connectivity index (χ3v) is 2.31. The van der Waals surface area contributed by atoms with Crippen LogP contribution >= 0.6 is 15.9 Å². The van der Waals surface area contributed by atoms with Crippen molar-refractivity contribution in [1.82, 2.24) is 4.98 Å². The highest BCUT2D eigenvalue weighted by Crippen LogP contribution is 2.26. The molecule has 1 aromatic carbocycles. The van der Waals surface area contributed by atoms with E-state index in [9.17, 15) is 0 Å². The summed E-state index contributed by atoms with van der Waals surface area (Å²) in [6.07, 6.45) is 1.71. The fraction of sp³-hybridized carbons (Fsp3) is 0. The Balaban J connectivity index is 2.92. The normalized spacial score (nSPS) is 10.5. The lowest BCUT2D eigenvalue weighted by Crippen LogP contribution is -1.93. The number of nitrogens with zero attached hydrogens (tertiary/aromatic N) is 1. The second kappa shape index (κ2) is 2.88. The van der Waals surface area contributed by atoms with Crippen LogP contribution in [0.5, 0.6) is 0 Å². The van der Waals surface area contributed by atoms with Crippen molar-refractivity contribution in [2.45, 2.75) is 0 Å². The summed E-state index contributed by atoms with van der Waals surface area (Å²) in [5, 5.41) is 0.884. The maximum absolute atomic E-state index is 5.78. The van der Waals surface area contributed by atoms with Gasteiger partial charge in [-0.25, -0.2) is 0 Å². The highest BCUT2D eigenvalue weighted by molar-refractivity contribution is 9.10. The lowest BCUT2D eigenvalue weighted by Gasteiger charge is -2.03. The van der Waals surface area contributed by atoms with Crippen LogP contribution in [0.25, 0.3) is 10.9 Å². The summed E-state index contributed by atoms with van der Waals surface area (Å²) in [5.41, 5.74) is 13.6. The third-order valence-electron chi connectivity index (χ3n) is 1.88. The lowest BCUT2D eigenvalue weighted by atomic mass is 10.1. The zero-order chi connectivity index (χ0) is 9.42. The summed E-state index contributed by atoms with van der Waals surface area (Å²) < 4.78 is 0.900. The van der Waals surface area contributed by atoms with Gasteiger partial charge in [-0.2, -0.15) is 0 Å². The predicted octanol–water partition coefficient (Wildman–Crippen LogP) is 2.16. The van der Waals surface area contributed by atoms with Crippen LogP contribution in [0.2, 0.25) is 0 Å². The topological polar surface area (TPSA) is 64.9 Å². The van der Waals surface area contributed by atoms with Crippen molar-refractivity contribution in [2.24, 2.45) is 0 Å². The number of fused-ring (bicyclic) bond motifs is 1. The first kappa shape index (κ1) is 8.31. The van der Waals surface area contributed by atoms with E-state index in [0.717, 1.165) is 15.4 Å². The summed E-state index contributed by atoms with van der Waals surface area (Å²) in [7, 11) is 0. The fourth-order valence-electron chi connectivity index (χ4n) is 1.24. The molecule has 2 aromatic rings. The Bertz CT molecular complexity index is 468. The minimum absolute atomic E-state index is 0.650. The molecule has 4 heteroatoms. The van der Waals surface area contributed by atoms with E-state index < -0.39 is 0 Å². The van der Waals surface area contributed by atoms with Gasteiger partial charge >= 0.3 is 0 Å². The van der Waals surface area contributed by atoms with Crippen LogP contribution in [0.4, 0.5) is 11.4 Å². The van der Waals surface area contributed by atoms with E-state index in [4.69, 9.17) is 11.5 Å². The van der Waals surface area contributed by atoms with Crippen LogP contribution in [-0.4, -0.2) is 4.98 Å². The van der Waals surface area contributed by atoms with Gasteiger partial charge in [-0.05, 0) is 34.1 Å². The molecule has 0 amide bonds. The third kappa shape index (κ3) is 1.33. The number of nitrogen functional groups attached to an aromatic ring is 2. The Kier molecular flexibility index (Phi) is 1.84. The molecular formula is C9H8BrN3. The first-order valence-corrected chi connectivity index (χ1v) is 4.57. The van der Waals surface area contributed by atoms with Gasteiger partial charge in [0.15, 0.2) is 0 Å². The number of anilines is 2. The van der Waals surface area contributed by atoms with Crippen LogP contribution in [0, 0.1) is 0 Å². The zero-order valence-corrected chi connectivity index (χ0v) is 8.38. The summed E-state index contributed by atoms with van der Waals surface area (Å²) in [6, 6.07) is 5.46. The van der Waals surface area contributed by atoms with Crippen LogP contribution in [-0.2, 0) is 0 Å². The maximum atomic E-state index is 5.78. The van der Waals surface area contributed by atoms with E-state index in [1.54, 1.807) is 18.3 Å². The molecule has 0 atom stereocenters. The second-order valence-corrected chi connectivity index (χ2v) is 3.71. The second-order valence-electron chi connectivity index (χ2n) is 2.79. The van der Waals surface area contributed by atoms with Gasteiger partial charge in [0, 0.05) is 21.7 Å². The van der Waals surface area contributed by atoms with Crippen molar-refractivity contribution in [3.8, 4) is 0 Å². The van der Waals surface area contributed by atoms with E-state index in [2.05, 4.69) is 20.9 Å². The number of halogens is 1. The number of nitrogens with two attached hydrogens (primary N) is 2. The minimum Gasteiger partial charge on any atom is -0.398 e. The highest BCUT2D eigenvalue weighted by Gasteiger charge is 2.02. The average Bonchev–Trinajstić information content (AvgIpc) is 2.12. The van der Waals surface area contributed by atoms with Crippen LogP contribution in [0.15, 0.2) is 28.9 Å². The molecule has 2 rings (SSSR count). The first-order chi connectivity index (χ1) is 6.18. The molecule has 0 radical (unpaired) electrons. The molecular weight excluding hydrogens is 230 g/mol. The summed E-state index contributed by atoms with van der Waals surface area (Å²) in [6.45, 7) is 0. The van der Waals surface area contributed by atoms with Gasteiger partial charge in [-0.15, -0.1) is 0 Å². The molecule has 0 saturated carbocycles. The lowest BCUT2D eigenvalue weighted by molar-refractivity contribution is 1.39. The molecule has 1 heterocycles. The quantitative estimate of drug-likeness (QED) is 0.691. The monoisotopic (exact) mass is 237 g/mol.